The van der Waals surface area contributed by atoms with E-state index in [-0.39, 0.29) is 11.8 Å². The van der Waals surface area contributed by atoms with Crippen LogP contribution in [0.3, 0.4) is 0 Å². The van der Waals surface area contributed by atoms with Gasteiger partial charge in [-0.1, -0.05) is 6.92 Å². The van der Waals surface area contributed by atoms with Gasteiger partial charge in [0.25, 0.3) is 0 Å². The fourth-order valence-corrected chi connectivity index (χ4v) is 1.86. The van der Waals surface area contributed by atoms with Gasteiger partial charge < -0.3 is 5.32 Å². The molecule has 0 atom stereocenters. The van der Waals surface area contributed by atoms with Crippen LogP contribution in [-0.4, -0.2) is 26.3 Å². The fraction of sp³-hybridized carbons (Fsp3) is 0.462. The van der Waals surface area contributed by atoms with Crippen molar-refractivity contribution >= 4 is 5.95 Å². The van der Waals surface area contributed by atoms with Gasteiger partial charge in [-0.15, -0.1) is 0 Å². The maximum absolute atomic E-state index is 12.9. The number of rotatable bonds is 4. The molecule has 2 rings (SSSR count). The van der Waals surface area contributed by atoms with E-state index in [2.05, 4.69) is 20.4 Å². The normalized spacial score (nSPS) is 11.7. The van der Waals surface area contributed by atoms with Crippen LogP contribution < -0.4 is 5.32 Å². The summed E-state index contributed by atoms with van der Waals surface area (Å²) in [5.74, 6) is 0.0516. The smallest absolute Gasteiger partial charge is 0.354 e. The summed E-state index contributed by atoms with van der Waals surface area (Å²) in [7, 11) is 0. The van der Waals surface area contributed by atoms with Crippen molar-refractivity contribution < 1.29 is 13.2 Å². The molecule has 0 aromatic carbocycles. The number of nitrogens with one attached hydrogen (secondary N) is 1. The number of hydrogen-bond donors (Lipinski definition) is 1. The van der Waals surface area contributed by atoms with E-state index in [1.54, 1.807) is 19.9 Å². The minimum atomic E-state index is -4.53. The Morgan fingerprint density at radius 3 is 2.43 bits per heavy atom. The number of aryl methyl sites for hydroxylation is 2. The molecule has 0 aliphatic heterocycles. The minimum absolute atomic E-state index is 0.0470. The van der Waals surface area contributed by atoms with Crippen LogP contribution in [0.25, 0.3) is 5.82 Å². The number of hydrogen-bond acceptors (Lipinski definition) is 4. The highest BCUT2D eigenvalue weighted by Gasteiger charge is 2.34. The first kappa shape index (κ1) is 15.3. The average molecular weight is 299 g/mol. The number of halogens is 3. The first-order valence-electron chi connectivity index (χ1n) is 6.55. The summed E-state index contributed by atoms with van der Waals surface area (Å²) in [6.45, 7) is 5.93. The molecule has 0 bridgehead atoms. The van der Waals surface area contributed by atoms with E-state index in [9.17, 15) is 13.2 Å². The Balaban J connectivity index is 2.51. The van der Waals surface area contributed by atoms with E-state index in [0.717, 1.165) is 12.5 Å². The third-order valence-electron chi connectivity index (χ3n) is 2.76. The highest BCUT2D eigenvalue weighted by atomic mass is 19.4. The predicted octanol–water partition coefficient (Wildman–Crippen LogP) is 3.12. The highest BCUT2D eigenvalue weighted by molar-refractivity contribution is 5.37. The minimum Gasteiger partial charge on any atom is -0.354 e. The van der Waals surface area contributed by atoms with Crippen LogP contribution in [0, 0.1) is 13.8 Å². The van der Waals surface area contributed by atoms with E-state index < -0.39 is 11.9 Å². The van der Waals surface area contributed by atoms with Gasteiger partial charge in [-0.05, 0) is 26.3 Å². The van der Waals surface area contributed by atoms with Gasteiger partial charge in [0.15, 0.2) is 11.5 Å². The largest absolute Gasteiger partial charge is 0.433 e. The maximum atomic E-state index is 12.9. The Bertz CT molecular complexity index is 633. The van der Waals surface area contributed by atoms with Crippen molar-refractivity contribution in [2.45, 2.75) is 33.4 Å². The molecule has 0 unspecified atom stereocenters. The van der Waals surface area contributed by atoms with Gasteiger partial charge in [0.05, 0.1) is 5.69 Å². The SMILES string of the molecule is CCCNc1nc(-n2nc(C)cc2C)cc(C(F)(F)F)n1. The van der Waals surface area contributed by atoms with Gasteiger partial charge in [-0.3, -0.25) is 0 Å². The monoisotopic (exact) mass is 299 g/mol. The summed E-state index contributed by atoms with van der Waals surface area (Å²) >= 11 is 0. The van der Waals surface area contributed by atoms with Gasteiger partial charge in [-0.2, -0.15) is 23.3 Å². The Morgan fingerprint density at radius 1 is 1.19 bits per heavy atom. The lowest BCUT2D eigenvalue weighted by Crippen LogP contribution is -2.15. The second kappa shape index (κ2) is 5.71. The average Bonchev–Trinajstić information content (AvgIpc) is 2.74. The van der Waals surface area contributed by atoms with Crippen molar-refractivity contribution in [3.8, 4) is 5.82 Å². The lowest BCUT2D eigenvalue weighted by atomic mass is 10.3. The molecule has 2 aromatic heterocycles. The molecule has 5 nitrogen and oxygen atoms in total. The van der Waals surface area contributed by atoms with Gasteiger partial charge in [0, 0.05) is 18.3 Å². The molecule has 0 spiro atoms. The summed E-state index contributed by atoms with van der Waals surface area (Å²) in [4.78, 5) is 7.62. The van der Waals surface area contributed by atoms with E-state index in [0.29, 0.717) is 17.9 Å². The third-order valence-corrected chi connectivity index (χ3v) is 2.76. The van der Waals surface area contributed by atoms with Gasteiger partial charge in [-0.25, -0.2) is 9.67 Å². The van der Waals surface area contributed by atoms with E-state index in [1.165, 1.54) is 4.68 Å². The Labute approximate surface area is 120 Å². The lowest BCUT2D eigenvalue weighted by Gasteiger charge is -2.12. The van der Waals surface area contributed by atoms with Crippen molar-refractivity contribution in [3.63, 3.8) is 0 Å². The van der Waals surface area contributed by atoms with Crippen molar-refractivity contribution in [1.29, 1.82) is 0 Å². The molecule has 0 amide bonds. The van der Waals surface area contributed by atoms with Crippen molar-refractivity contribution in [2.75, 3.05) is 11.9 Å². The summed E-state index contributed by atoms with van der Waals surface area (Å²) in [6.07, 6.45) is -3.77. The zero-order valence-corrected chi connectivity index (χ0v) is 12.0. The maximum Gasteiger partial charge on any atom is 0.433 e. The van der Waals surface area contributed by atoms with Gasteiger partial charge in [0.2, 0.25) is 5.95 Å². The number of alkyl halides is 3. The second-order valence-corrected chi connectivity index (χ2v) is 4.70. The Kier molecular flexibility index (Phi) is 4.15. The molecule has 0 radical (unpaired) electrons. The van der Waals surface area contributed by atoms with E-state index in [4.69, 9.17) is 0 Å². The molecule has 0 saturated heterocycles. The molecule has 0 aliphatic carbocycles. The van der Waals surface area contributed by atoms with E-state index in [1.807, 2.05) is 6.92 Å². The summed E-state index contributed by atoms with van der Waals surface area (Å²) in [5, 5.41) is 6.94. The number of aromatic nitrogens is 4. The Hall–Kier alpha value is -2.12. The Morgan fingerprint density at radius 2 is 1.90 bits per heavy atom. The molecule has 2 aromatic rings. The van der Waals surface area contributed by atoms with Crippen molar-refractivity contribution in [1.82, 2.24) is 19.7 Å². The number of anilines is 1. The molecular formula is C13H16F3N5. The highest BCUT2D eigenvalue weighted by Crippen LogP contribution is 2.29. The molecule has 0 aliphatic rings. The molecule has 21 heavy (non-hydrogen) atoms. The quantitative estimate of drug-likeness (QED) is 0.942. The van der Waals surface area contributed by atoms with Gasteiger partial charge >= 0.3 is 6.18 Å². The molecule has 0 saturated carbocycles. The van der Waals surface area contributed by atoms with Crippen LogP contribution in [0.2, 0.25) is 0 Å². The van der Waals surface area contributed by atoms with Crippen LogP contribution in [0.4, 0.5) is 19.1 Å². The summed E-state index contributed by atoms with van der Waals surface area (Å²) in [6, 6.07) is 2.67. The zero-order valence-electron chi connectivity index (χ0n) is 12.0. The molecule has 0 fully saturated rings. The summed E-state index contributed by atoms with van der Waals surface area (Å²) in [5.41, 5.74) is 0.433. The van der Waals surface area contributed by atoms with Crippen LogP contribution in [-0.2, 0) is 6.18 Å². The third kappa shape index (κ3) is 3.50. The van der Waals surface area contributed by atoms with Crippen LogP contribution in [0.5, 0.6) is 0 Å². The molecule has 8 heteroatoms. The number of nitrogens with zero attached hydrogens (tertiary/aromatic N) is 4. The van der Waals surface area contributed by atoms with Crippen LogP contribution >= 0.6 is 0 Å². The topological polar surface area (TPSA) is 55.6 Å². The predicted molar refractivity (Wildman–Crippen MR) is 72.4 cm³/mol. The first-order valence-corrected chi connectivity index (χ1v) is 6.55. The summed E-state index contributed by atoms with van der Waals surface area (Å²) < 4.78 is 40.2. The lowest BCUT2D eigenvalue weighted by molar-refractivity contribution is -0.141. The van der Waals surface area contributed by atoms with Crippen molar-refractivity contribution in [2.24, 2.45) is 0 Å². The van der Waals surface area contributed by atoms with Gasteiger partial charge in [0.1, 0.15) is 0 Å². The van der Waals surface area contributed by atoms with Crippen LogP contribution in [0.1, 0.15) is 30.4 Å². The van der Waals surface area contributed by atoms with E-state index >= 15 is 0 Å². The molecule has 1 N–H and O–H groups in total. The molecule has 2 heterocycles. The zero-order chi connectivity index (χ0) is 15.6. The molecule has 114 valence electrons. The van der Waals surface area contributed by atoms with Crippen molar-refractivity contribution in [3.05, 3.63) is 29.2 Å². The van der Waals surface area contributed by atoms with Crippen LogP contribution in [0.15, 0.2) is 12.1 Å². The standard InChI is InChI=1S/C13H16F3N5/c1-4-5-17-12-18-10(13(14,15)16)7-11(19-12)21-9(3)6-8(2)20-21/h6-7H,4-5H2,1-3H3,(H,17,18,19). The molecular weight excluding hydrogens is 283 g/mol. The first-order chi connectivity index (χ1) is 9.81. The second-order valence-electron chi connectivity index (χ2n) is 4.70. The fourth-order valence-electron chi connectivity index (χ4n) is 1.86.